The van der Waals surface area contributed by atoms with E-state index >= 15 is 0 Å². The lowest BCUT2D eigenvalue weighted by Crippen LogP contribution is -2.33. The maximum absolute atomic E-state index is 12.0. The molecule has 1 aromatic carbocycles. The van der Waals surface area contributed by atoms with Gasteiger partial charge in [-0.3, -0.25) is 19.2 Å². The van der Waals surface area contributed by atoms with E-state index < -0.39 is 24.5 Å². The molecule has 0 aromatic heterocycles. The van der Waals surface area contributed by atoms with E-state index in [-0.39, 0.29) is 18.9 Å². The molecule has 0 fully saturated rings. The number of carbonyl (C=O) groups is 4. The molecule has 3 amide bonds. The van der Waals surface area contributed by atoms with Gasteiger partial charge in [0.05, 0.1) is 17.5 Å². The van der Waals surface area contributed by atoms with Gasteiger partial charge in [0.15, 0.2) is 6.73 Å². The number of fused-ring (bicyclic) bond motifs is 1. The molecule has 0 unspecified atom stereocenters. The smallest absolute Gasteiger partial charge is 0.309 e. The summed E-state index contributed by atoms with van der Waals surface area (Å²) in [6, 6.07) is 6.42. The number of amides is 3. The van der Waals surface area contributed by atoms with E-state index in [0.717, 1.165) is 4.90 Å². The highest BCUT2D eigenvalue weighted by Crippen LogP contribution is 2.22. The third kappa shape index (κ3) is 3.25. The number of hydrogen-bond acceptors (Lipinski definition) is 5. The zero-order valence-corrected chi connectivity index (χ0v) is 11.4. The molecule has 0 saturated heterocycles. The lowest BCUT2D eigenvalue weighted by atomic mass is 10.1. The molecule has 0 spiro atoms. The van der Waals surface area contributed by atoms with Crippen LogP contribution in [0.5, 0.6) is 0 Å². The van der Waals surface area contributed by atoms with Gasteiger partial charge >= 0.3 is 5.97 Å². The Morgan fingerprint density at radius 1 is 1.14 bits per heavy atom. The van der Waals surface area contributed by atoms with E-state index in [4.69, 9.17) is 4.74 Å². The van der Waals surface area contributed by atoms with E-state index in [1.54, 1.807) is 24.3 Å². The van der Waals surface area contributed by atoms with Crippen LogP contribution in [0.1, 0.15) is 34.1 Å². The first-order valence-electron chi connectivity index (χ1n) is 6.36. The van der Waals surface area contributed by atoms with E-state index in [9.17, 15) is 19.2 Å². The third-order valence-corrected chi connectivity index (χ3v) is 2.94. The van der Waals surface area contributed by atoms with Gasteiger partial charge in [-0.25, -0.2) is 4.90 Å². The number of carbonyl (C=O) groups excluding carboxylic acids is 4. The maximum atomic E-state index is 12.0. The molecule has 0 atom stereocenters. The Bertz CT molecular complexity index is 576. The number of ether oxygens (including phenoxy) is 1. The largest absolute Gasteiger partial charge is 0.444 e. The molecular formula is C14H14N2O5. The molecule has 7 heteroatoms. The fourth-order valence-corrected chi connectivity index (χ4v) is 1.91. The summed E-state index contributed by atoms with van der Waals surface area (Å²) in [4.78, 5) is 46.9. The Morgan fingerprint density at radius 3 is 2.24 bits per heavy atom. The molecule has 7 nitrogen and oxygen atoms in total. The summed E-state index contributed by atoms with van der Waals surface area (Å²) in [6.07, 6.45) is -0.0251. The summed E-state index contributed by atoms with van der Waals surface area (Å²) in [5.41, 5.74) is 0.605. The number of nitrogens with one attached hydrogen (secondary N) is 1. The van der Waals surface area contributed by atoms with Gasteiger partial charge in [0, 0.05) is 13.5 Å². The summed E-state index contributed by atoms with van der Waals surface area (Å²) in [7, 11) is 0. The molecule has 1 N–H and O–H groups in total. The second-order valence-electron chi connectivity index (χ2n) is 4.46. The number of hydrogen-bond donors (Lipinski definition) is 1. The van der Waals surface area contributed by atoms with Crippen molar-refractivity contribution in [2.75, 3.05) is 13.3 Å². The maximum Gasteiger partial charge on any atom is 0.309 e. The fraction of sp³-hybridized carbons (Fsp3) is 0.286. The van der Waals surface area contributed by atoms with Crippen molar-refractivity contribution in [1.82, 2.24) is 10.2 Å². The molecular weight excluding hydrogens is 276 g/mol. The number of nitrogens with zero attached hydrogens (tertiary/aromatic N) is 1. The molecule has 0 radical (unpaired) electrons. The molecule has 1 aliphatic heterocycles. The Morgan fingerprint density at radius 2 is 1.71 bits per heavy atom. The van der Waals surface area contributed by atoms with E-state index in [2.05, 4.69) is 5.32 Å². The lowest BCUT2D eigenvalue weighted by Gasteiger charge is -2.13. The second-order valence-corrected chi connectivity index (χ2v) is 4.46. The van der Waals surface area contributed by atoms with Crippen LogP contribution in [0.25, 0.3) is 0 Å². The van der Waals surface area contributed by atoms with Crippen LogP contribution in [-0.2, 0) is 14.3 Å². The Balaban J connectivity index is 1.88. The van der Waals surface area contributed by atoms with Crippen molar-refractivity contribution in [2.45, 2.75) is 13.3 Å². The molecule has 1 aliphatic rings. The number of rotatable bonds is 5. The van der Waals surface area contributed by atoms with Crippen LogP contribution in [0.15, 0.2) is 24.3 Å². The van der Waals surface area contributed by atoms with Crippen molar-refractivity contribution in [3.05, 3.63) is 35.4 Å². The van der Waals surface area contributed by atoms with Crippen LogP contribution < -0.4 is 5.32 Å². The van der Waals surface area contributed by atoms with Gasteiger partial charge in [-0.15, -0.1) is 0 Å². The molecule has 1 heterocycles. The van der Waals surface area contributed by atoms with Gasteiger partial charge in [-0.05, 0) is 12.1 Å². The zero-order valence-electron chi connectivity index (χ0n) is 11.4. The summed E-state index contributed by atoms with van der Waals surface area (Å²) in [6.45, 7) is 1.06. The summed E-state index contributed by atoms with van der Waals surface area (Å²) >= 11 is 0. The van der Waals surface area contributed by atoms with Gasteiger partial charge in [-0.2, -0.15) is 0 Å². The average molecular weight is 290 g/mol. The highest BCUT2D eigenvalue weighted by atomic mass is 16.5. The van der Waals surface area contributed by atoms with Crippen molar-refractivity contribution < 1.29 is 23.9 Å². The predicted octanol–water partition coefficient (Wildman–Crippen LogP) is 0.309. The number of esters is 1. The first-order chi connectivity index (χ1) is 10.0. The fourth-order valence-electron chi connectivity index (χ4n) is 1.91. The van der Waals surface area contributed by atoms with Crippen LogP contribution in [0.2, 0.25) is 0 Å². The van der Waals surface area contributed by atoms with Gasteiger partial charge in [0.1, 0.15) is 0 Å². The quantitative estimate of drug-likeness (QED) is 0.622. The van der Waals surface area contributed by atoms with E-state index in [0.29, 0.717) is 11.1 Å². The highest BCUT2D eigenvalue weighted by Gasteiger charge is 2.35. The minimum atomic E-state index is -0.597. The monoisotopic (exact) mass is 290 g/mol. The van der Waals surface area contributed by atoms with Crippen molar-refractivity contribution in [3.8, 4) is 0 Å². The van der Waals surface area contributed by atoms with Crippen molar-refractivity contribution in [1.29, 1.82) is 0 Å². The van der Waals surface area contributed by atoms with Crippen molar-refractivity contribution in [3.63, 3.8) is 0 Å². The second kappa shape index (κ2) is 6.17. The molecule has 1 aromatic rings. The summed E-state index contributed by atoms with van der Waals surface area (Å²) < 4.78 is 4.87. The van der Waals surface area contributed by atoms with Crippen LogP contribution in [-0.4, -0.2) is 41.9 Å². The Hall–Kier alpha value is -2.70. The number of benzene rings is 1. The molecule has 0 bridgehead atoms. The first kappa shape index (κ1) is 14.7. The molecule has 2 rings (SSSR count). The van der Waals surface area contributed by atoms with Gasteiger partial charge in [-0.1, -0.05) is 12.1 Å². The predicted molar refractivity (Wildman–Crippen MR) is 71.2 cm³/mol. The summed E-state index contributed by atoms with van der Waals surface area (Å²) in [5.74, 6) is -1.81. The molecule has 21 heavy (non-hydrogen) atoms. The summed E-state index contributed by atoms with van der Waals surface area (Å²) in [5, 5.41) is 2.45. The van der Waals surface area contributed by atoms with E-state index in [1.165, 1.54) is 6.92 Å². The standard InChI is InChI=1S/C14H14N2O5/c1-9(17)15-7-6-12(18)21-8-16-13(19)10-4-2-3-5-11(10)14(16)20/h2-5H,6-8H2,1H3,(H,15,17). The zero-order chi connectivity index (χ0) is 15.4. The first-order valence-corrected chi connectivity index (χ1v) is 6.36. The minimum absolute atomic E-state index is 0.0251. The van der Waals surface area contributed by atoms with E-state index in [1.807, 2.05) is 0 Å². The van der Waals surface area contributed by atoms with Crippen molar-refractivity contribution >= 4 is 23.7 Å². The Kier molecular flexibility index (Phi) is 4.32. The topological polar surface area (TPSA) is 92.8 Å². The SMILES string of the molecule is CC(=O)NCCC(=O)OCN1C(=O)c2ccccc2C1=O. The van der Waals surface area contributed by atoms with Crippen molar-refractivity contribution in [2.24, 2.45) is 0 Å². The highest BCUT2D eigenvalue weighted by molar-refractivity contribution is 6.21. The minimum Gasteiger partial charge on any atom is -0.444 e. The molecule has 0 saturated carbocycles. The van der Waals surface area contributed by atoms with Crippen LogP contribution in [0.4, 0.5) is 0 Å². The molecule has 0 aliphatic carbocycles. The average Bonchev–Trinajstić information content (AvgIpc) is 2.69. The number of imide groups is 1. The Labute approximate surface area is 120 Å². The third-order valence-electron chi connectivity index (χ3n) is 2.94. The van der Waals surface area contributed by atoms with Crippen LogP contribution in [0.3, 0.4) is 0 Å². The lowest BCUT2D eigenvalue weighted by molar-refractivity contribution is -0.146. The van der Waals surface area contributed by atoms with Gasteiger partial charge < -0.3 is 10.1 Å². The van der Waals surface area contributed by atoms with Crippen LogP contribution >= 0.6 is 0 Å². The molecule has 110 valence electrons. The van der Waals surface area contributed by atoms with Gasteiger partial charge in [0.2, 0.25) is 5.91 Å². The van der Waals surface area contributed by atoms with Gasteiger partial charge in [0.25, 0.3) is 11.8 Å². The normalized spacial score (nSPS) is 13.1. The van der Waals surface area contributed by atoms with Crippen LogP contribution in [0, 0.1) is 0 Å².